The van der Waals surface area contributed by atoms with Crippen LogP contribution in [0.3, 0.4) is 0 Å². The van der Waals surface area contributed by atoms with Gasteiger partial charge in [-0.3, -0.25) is 14.6 Å². The van der Waals surface area contributed by atoms with Crippen molar-refractivity contribution in [1.82, 2.24) is 9.80 Å². The molecule has 1 fully saturated rings. The third-order valence-electron chi connectivity index (χ3n) is 5.16. The van der Waals surface area contributed by atoms with Gasteiger partial charge in [-0.2, -0.15) is 0 Å². The van der Waals surface area contributed by atoms with Crippen molar-refractivity contribution in [3.63, 3.8) is 0 Å². The van der Waals surface area contributed by atoms with Crippen LogP contribution in [0, 0.1) is 5.82 Å². The van der Waals surface area contributed by atoms with Crippen LogP contribution in [0.25, 0.3) is 0 Å². The number of carbonyl (C=O) groups is 1. The van der Waals surface area contributed by atoms with Gasteiger partial charge in [0, 0.05) is 32.2 Å². The molecule has 3 rings (SSSR count). The molecule has 0 bridgehead atoms. The minimum atomic E-state index is -0.751. The van der Waals surface area contributed by atoms with Crippen molar-refractivity contribution < 1.29 is 19.0 Å². The number of β-amino-alcohol motifs (C(OH)–C–C–N with tert-alkyl or cyclic N) is 1. The van der Waals surface area contributed by atoms with E-state index in [-0.39, 0.29) is 30.9 Å². The van der Waals surface area contributed by atoms with Crippen molar-refractivity contribution in [2.24, 2.45) is 0 Å². The highest BCUT2D eigenvalue weighted by Gasteiger charge is 2.27. The van der Waals surface area contributed by atoms with Gasteiger partial charge < -0.3 is 15.2 Å². The average molecular weight is 470 g/mol. The summed E-state index contributed by atoms with van der Waals surface area (Å²) in [5.74, 6) is -0.508. The summed E-state index contributed by atoms with van der Waals surface area (Å²) in [6.07, 6.45) is -0.751. The number of hydrogen-bond donors (Lipinski definition) is 2. The van der Waals surface area contributed by atoms with Gasteiger partial charge >= 0.3 is 0 Å². The third kappa shape index (κ3) is 6.79. The Kier molecular flexibility index (Phi) is 8.51. The van der Waals surface area contributed by atoms with Crippen LogP contribution in [0.5, 0.6) is 5.75 Å². The van der Waals surface area contributed by atoms with Crippen molar-refractivity contribution in [3.05, 3.63) is 58.3 Å². The minimum absolute atomic E-state index is 0.00880. The van der Waals surface area contributed by atoms with Crippen molar-refractivity contribution in [1.29, 1.82) is 0 Å². The monoisotopic (exact) mass is 469 g/mol. The van der Waals surface area contributed by atoms with E-state index in [2.05, 4.69) is 10.2 Å². The van der Waals surface area contributed by atoms with Crippen LogP contribution in [0.2, 0.25) is 10.0 Å². The molecular formula is C22H26Cl2FN3O3. The maximum atomic E-state index is 13.6. The number of aliphatic hydroxyl groups is 1. The average Bonchev–Trinajstić information content (AvgIpc) is 2.72. The summed E-state index contributed by atoms with van der Waals surface area (Å²) in [6.45, 7) is 4.72. The Hall–Kier alpha value is -1.90. The molecule has 0 saturated carbocycles. The SMILES string of the molecule is C[C@H]1CN(CC(=O)Nc2c(Cl)cccc2Cl)CCN1C[C@@H](O)COc1ccccc1F. The van der Waals surface area contributed by atoms with Gasteiger partial charge in [-0.15, -0.1) is 0 Å². The Balaban J connectivity index is 1.43. The van der Waals surface area contributed by atoms with Crippen molar-refractivity contribution in [2.75, 3.05) is 44.6 Å². The van der Waals surface area contributed by atoms with E-state index in [1.165, 1.54) is 12.1 Å². The number of anilines is 1. The van der Waals surface area contributed by atoms with Gasteiger partial charge in [-0.05, 0) is 31.2 Å². The largest absolute Gasteiger partial charge is 0.488 e. The molecule has 0 aliphatic carbocycles. The van der Waals surface area contributed by atoms with E-state index in [4.69, 9.17) is 27.9 Å². The fourth-order valence-electron chi connectivity index (χ4n) is 3.56. The zero-order valence-electron chi connectivity index (χ0n) is 17.2. The van der Waals surface area contributed by atoms with Crippen LogP contribution in [-0.4, -0.2) is 72.3 Å². The molecule has 0 spiro atoms. The van der Waals surface area contributed by atoms with Crippen LogP contribution in [0.4, 0.5) is 10.1 Å². The van der Waals surface area contributed by atoms with Crippen LogP contribution >= 0.6 is 23.2 Å². The number of piperazine rings is 1. The number of nitrogens with one attached hydrogen (secondary N) is 1. The second kappa shape index (κ2) is 11.1. The summed E-state index contributed by atoms with van der Waals surface area (Å²) in [5.41, 5.74) is 0.417. The molecular weight excluding hydrogens is 444 g/mol. The number of amides is 1. The topological polar surface area (TPSA) is 65.0 Å². The molecule has 0 radical (unpaired) electrons. The van der Waals surface area contributed by atoms with Crippen molar-refractivity contribution in [2.45, 2.75) is 19.1 Å². The number of rotatable bonds is 8. The smallest absolute Gasteiger partial charge is 0.238 e. The molecule has 2 aromatic carbocycles. The number of aliphatic hydroxyl groups excluding tert-OH is 1. The van der Waals surface area contributed by atoms with E-state index in [0.717, 1.165) is 0 Å². The number of carbonyl (C=O) groups excluding carboxylic acids is 1. The fraction of sp³-hybridized carbons (Fsp3) is 0.409. The van der Waals surface area contributed by atoms with E-state index >= 15 is 0 Å². The first-order valence-corrected chi connectivity index (χ1v) is 10.8. The molecule has 6 nitrogen and oxygen atoms in total. The standard InChI is InChI=1S/C22H26Cl2FN3O3/c1-15-11-27(13-21(30)26-22-17(23)5-4-6-18(22)24)9-10-28(15)12-16(29)14-31-20-8-3-2-7-19(20)25/h2-8,15-16,29H,9-14H2,1H3,(H,26,30)/t15-,16+/m0/s1. The lowest BCUT2D eigenvalue weighted by Gasteiger charge is -2.40. The molecule has 1 amide bonds. The number of nitrogens with zero attached hydrogens (tertiary/aromatic N) is 2. The lowest BCUT2D eigenvalue weighted by molar-refractivity contribution is -0.118. The maximum absolute atomic E-state index is 13.6. The third-order valence-corrected chi connectivity index (χ3v) is 5.79. The summed E-state index contributed by atoms with van der Waals surface area (Å²) in [6, 6.07) is 11.3. The van der Waals surface area contributed by atoms with Gasteiger partial charge in [0.15, 0.2) is 11.6 Å². The first kappa shape index (κ1) is 23.8. The van der Waals surface area contributed by atoms with Crippen molar-refractivity contribution in [3.8, 4) is 5.75 Å². The summed E-state index contributed by atoms with van der Waals surface area (Å²) in [7, 11) is 0. The first-order valence-electron chi connectivity index (χ1n) is 10.1. The van der Waals surface area contributed by atoms with Gasteiger partial charge in [0.1, 0.15) is 12.7 Å². The lowest BCUT2D eigenvalue weighted by atomic mass is 10.1. The Morgan fingerprint density at radius 3 is 2.61 bits per heavy atom. The van der Waals surface area contributed by atoms with E-state index in [0.29, 0.717) is 41.9 Å². The second-order valence-electron chi connectivity index (χ2n) is 7.62. The van der Waals surface area contributed by atoms with Gasteiger partial charge in [-0.1, -0.05) is 41.4 Å². The van der Waals surface area contributed by atoms with Crippen LogP contribution in [0.1, 0.15) is 6.92 Å². The molecule has 1 aliphatic rings. The molecule has 168 valence electrons. The van der Waals surface area contributed by atoms with Crippen LogP contribution in [0.15, 0.2) is 42.5 Å². The Morgan fingerprint density at radius 1 is 1.23 bits per heavy atom. The summed E-state index contributed by atoms with van der Waals surface area (Å²) in [4.78, 5) is 16.6. The highest BCUT2D eigenvalue weighted by atomic mass is 35.5. The Bertz CT molecular complexity index is 882. The molecule has 1 aliphatic heterocycles. The number of halogens is 3. The second-order valence-corrected chi connectivity index (χ2v) is 8.43. The summed E-state index contributed by atoms with van der Waals surface area (Å²) in [5, 5.41) is 13.9. The summed E-state index contributed by atoms with van der Waals surface area (Å²) >= 11 is 12.2. The number of para-hydroxylation sites is 2. The molecule has 0 aromatic heterocycles. The fourth-order valence-corrected chi connectivity index (χ4v) is 4.05. The molecule has 31 heavy (non-hydrogen) atoms. The Morgan fingerprint density at radius 2 is 1.94 bits per heavy atom. The highest BCUT2D eigenvalue weighted by Crippen LogP contribution is 2.29. The van der Waals surface area contributed by atoms with E-state index in [1.54, 1.807) is 30.3 Å². The number of benzene rings is 2. The molecule has 1 saturated heterocycles. The molecule has 9 heteroatoms. The van der Waals surface area contributed by atoms with Gasteiger partial charge in [0.2, 0.25) is 5.91 Å². The van der Waals surface area contributed by atoms with Gasteiger partial charge in [-0.25, -0.2) is 4.39 Å². The number of hydrogen-bond acceptors (Lipinski definition) is 5. The molecule has 2 N–H and O–H groups in total. The van der Waals surface area contributed by atoms with Crippen LogP contribution < -0.4 is 10.1 Å². The first-order chi connectivity index (χ1) is 14.8. The van der Waals surface area contributed by atoms with Gasteiger partial charge in [0.05, 0.1) is 22.3 Å². The van der Waals surface area contributed by atoms with E-state index in [1.807, 2.05) is 11.8 Å². The maximum Gasteiger partial charge on any atom is 0.238 e. The van der Waals surface area contributed by atoms with Crippen LogP contribution in [-0.2, 0) is 4.79 Å². The predicted molar refractivity (Wildman–Crippen MR) is 120 cm³/mol. The zero-order valence-corrected chi connectivity index (χ0v) is 18.7. The normalized spacial score (nSPS) is 18.5. The predicted octanol–water partition coefficient (Wildman–Crippen LogP) is 3.52. The summed E-state index contributed by atoms with van der Waals surface area (Å²) < 4.78 is 19.0. The van der Waals surface area contributed by atoms with Gasteiger partial charge in [0.25, 0.3) is 0 Å². The number of ether oxygens (including phenoxy) is 1. The van der Waals surface area contributed by atoms with E-state index < -0.39 is 11.9 Å². The van der Waals surface area contributed by atoms with E-state index in [9.17, 15) is 14.3 Å². The molecule has 1 heterocycles. The lowest BCUT2D eigenvalue weighted by Crippen LogP contribution is -2.55. The quantitative estimate of drug-likeness (QED) is 0.619. The zero-order chi connectivity index (χ0) is 22.4. The molecule has 2 aromatic rings. The minimum Gasteiger partial charge on any atom is -0.488 e. The molecule has 2 atom stereocenters. The Labute approximate surface area is 191 Å². The highest BCUT2D eigenvalue weighted by molar-refractivity contribution is 6.39. The van der Waals surface area contributed by atoms with Crippen molar-refractivity contribution >= 4 is 34.8 Å². The molecule has 0 unspecified atom stereocenters.